The summed E-state index contributed by atoms with van der Waals surface area (Å²) in [6.45, 7) is 0.369. The minimum Gasteiger partial charge on any atom is -0.313 e. The molecule has 0 aromatic carbocycles. The number of thiazole rings is 1. The molecule has 1 heterocycles. The van der Waals surface area contributed by atoms with Crippen molar-refractivity contribution in [1.82, 2.24) is 10.3 Å². The van der Waals surface area contributed by atoms with Gasteiger partial charge in [-0.1, -0.05) is 0 Å². The molecule has 0 amide bonds. The highest BCUT2D eigenvalue weighted by Crippen LogP contribution is 2.03. The second-order valence-corrected chi connectivity index (χ2v) is 2.69. The number of hydrogen-bond acceptors (Lipinski definition) is 4. The Morgan fingerprint density at radius 2 is 2.70 bits per heavy atom. The van der Waals surface area contributed by atoms with Crippen molar-refractivity contribution in [3.05, 3.63) is 16.6 Å². The lowest BCUT2D eigenvalue weighted by Crippen LogP contribution is -2.18. The third-order valence-corrected chi connectivity index (χ3v) is 1.82. The van der Waals surface area contributed by atoms with E-state index in [0.717, 1.165) is 0 Å². The highest BCUT2D eigenvalue weighted by atomic mass is 32.1. The van der Waals surface area contributed by atoms with E-state index in [0.29, 0.717) is 11.6 Å². The predicted octanol–water partition coefficient (Wildman–Crippen LogP) is 0.545. The molecule has 0 aliphatic carbocycles. The van der Waals surface area contributed by atoms with Crippen molar-refractivity contribution in [1.29, 1.82) is 0 Å². The van der Waals surface area contributed by atoms with Gasteiger partial charge in [0, 0.05) is 11.6 Å². The Bertz CT molecular complexity index is 208. The first-order valence-corrected chi connectivity index (χ1v) is 3.80. The van der Waals surface area contributed by atoms with Crippen molar-refractivity contribution in [2.75, 3.05) is 13.6 Å². The number of likely N-dealkylation sites (N-methyl/N-ethyl adjacent to an activating group) is 1. The molecule has 10 heavy (non-hydrogen) atoms. The van der Waals surface area contributed by atoms with Gasteiger partial charge in [0.25, 0.3) is 0 Å². The summed E-state index contributed by atoms with van der Waals surface area (Å²) in [5.41, 5.74) is 0. The summed E-state index contributed by atoms with van der Waals surface area (Å²) in [6, 6.07) is 0. The van der Waals surface area contributed by atoms with Gasteiger partial charge in [-0.25, -0.2) is 4.98 Å². The van der Waals surface area contributed by atoms with Crippen LogP contribution in [0.15, 0.2) is 11.6 Å². The van der Waals surface area contributed by atoms with E-state index in [2.05, 4.69) is 10.3 Å². The number of carbonyl (C=O) groups is 1. The lowest BCUT2D eigenvalue weighted by atomic mass is 10.4. The first kappa shape index (κ1) is 7.37. The Labute approximate surface area is 63.1 Å². The summed E-state index contributed by atoms with van der Waals surface area (Å²) in [5, 5.41) is 5.15. The van der Waals surface area contributed by atoms with E-state index in [1.54, 1.807) is 18.6 Å². The molecular formula is C6H8N2OS. The molecule has 4 heteroatoms. The molecule has 3 nitrogen and oxygen atoms in total. The molecule has 54 valence electrons. The molecule has 0 atom stereocenters. The zero-order chi connectivity index (χ0) is 7.40. The summed E-state index contributed by atoms with van der Waals surface area (Å²) >= 11 is 1.37. The molecular weight excluding hydrogens is 148 g/mol. The Morgan fingerprint density at radius 1 is 1.90 bits per heavy atom. The standard InChI is InChI=1S/C6H8N2OS/c1-7-4-5(9)6-8-2-3-10-6/h2-3,7H,4H2,1H3. The number of aromatic nitrogens is 1. The zero-order valence-electron chi connectivity index (χ0n) is 5.63. The van der Waals surface area contributed by atoms with Crippen LogP contribution in [0, 0.1) is 0 Å². The van der Waals surface area contributed by atoms with Crippen LogP contribution in [0.2, 0.25) is 0 Å². The van der Waals surface area contributed by atoms with Crippen LogP contribution in [-0.4, -0.2) is 24.4 Å². The third-order valence-electron chi connectivity index (χ3n) is 1.01. The topological polar surface area (TPSA) is 42.0 Å². The summed E-state index contributed by atoms with van der Waals surface area (Å²) < 4.78 is 0. The average molecular weight is 156 g/mol. The lowest BCUT2D eigenvalue weighted by Gasteiger charge is -1.91. The maximum atomic E-state index is 11.0. The van der Waals surface area contributed by atoms with E-state index in [1.165, 1.54) is 11.3 Å². The highest BCUT2D eigenvalue weighted by Gasteiger charge is 2.04. The second kappa shape index (κ2) is 3.43. The quantitative estimate of drug-likeness (QED) is 0.650. The molecule has 0 aliphatic rings. The Balaban J connectivity index is 2.59. The van der Waals surface area contributed by atoms with Crippen LogP contribution >= 0.6 is 11.3 Å². The van der Waals surface area contributed by atoms with Gasteiger partial charge in [-0.3, -0.25) is 4.79 Å². The van der Waals surface area contributed by atoms with E-state index in [1.807, 2.05) is 0 Å². The smallest absolute Gasteiger partial charge is 0.205 e. The van der Waals surface area contributed by atoms with Gasteiger partial charge >= 0.3 is 0 Å². The largest absolute Gasteiger partial charge is 0.313 e. The first-order valence-electron chi connectivity index (χ1n) is 2.92. The Kier molecular flexibility index (Phi) is 2.53. The van der Waals surface area contributed by atoms with Gasteiger partial charge in [0.1, 0.15) is 0 Å². The van der Waals surface area contributed by atoms with Gasteiger partial charge in [0.2, 0.25) is 5.78 Å². The molecule has 0 bridgehead atoms. The van der Waals surface area contributed by atoms with E-state index in [9.17, 15) is 4.79 Å². The van der Waals surface area contributed by atoms with Crippen LogP contribution in [0.4, 0.5) is 0 Å². The van der Waals surface area contributed by atoms with Gasteiger partial charge in [0.05, 0.1) is 6.54 Å². The van der Waals surface area contributed by atoms with Crippen molar-refractivity contribution in [3.8, 4) is 0 Å². The molecule has 0 saturated carbocycles. The van der Waals surface area contributed by atoms with Crippen LogP contribution in [-0.2, 0) is 0 Å². The Hall–Kier alpha value is -0.740. The average Bonchev–Trinajstić information content (AvgIpc) is 2.38. The third kappa shape index (κ3) is 1.62. The van der Waals surface area contributed by atoms with Crippen LogP contribution < -0.4 is 5.32 Å². The highest BCUT2D eigenvalue weighted by molar-refractivity contribution is 7.11. The van der Waals surface area contributed by atoms with E-state index in [-0.39, 0.29) is 5.78 Å². The molecule has 0 aliphatic heterocycles. The molecule has 0 fully saturated rings. The zero-order valence-corrected chi connectivity index (χ0v) is 6.44. The van der Waals surface area contributed by atoms with Crippen molar-refractivity contribution in [2.24, 2.45) is 0 Å². The van der Waals surface area contributed by atoms with E-state index in [4.69, 9.17) is 0 Å². The molecule has 0 radical (unpaired) electrons. The first-order chi connectivity index (χ1) is 4.84. The van der Waals surface area contributed by atoms with Gasteiger partial charge in [-0.2, -0.15) is 0 Å². The van der Waals surface area contributed by atoms with Gasteiger partial charge in [0.15, 0.2) is 5.01 Å². The van der Waals surface area contributed by atoms with E-state index >= 15 is 0 Å². The molecule has 0 spiro atoms. The van der Waals surface area contributed by atoms with Crippen molar-refractivity contribution in [3.63, 3.8) is 0 Å². The number of nitrogens with one attached hydrogen (secondary N) is 1. The molecule has 1 aromatic heterocycles. The number of nitrogens with zero attached hydrogens (tertiary/aromatic N) is 1. The number of rotatable bonds is 3. The number of hydrogen-bond donors (Lipinski definition) is 1. The molecule has 1 rings (SSSR count). The van der Waals surface area contributed by atoms with Gasteiger partial charge < -0.3 is 5.32 Å². The Morgan fingerprint density at radius 3 is 3.20 bits per heavy atom. The molecule has 1 aromatic rings. The minimum atomic E-state index is 0.0532. The van der Waals surface area contributed by atoms with Gasteiger partial charge in [-0.05, 0) is 7.05 Å². The van der Waals surface area contributed by atoms with Crippen molar-refractivity contribution >= 4 is 17.1 Å². The molecule has 0 saturated heterocycles. The van der Waals surface area contributed by atoms with Crippen LogP contribution in [0.5, 0.6) is 0 Å². The SMILES string of the molecule is CNCC(=O)c1nccs1. The summed E-state index contributed by atoms with van der Waals surface area (Å²) in [7, 11) is 1.74. The second-order valence-electron chi connectivity index (χ2n) is 1.79. The summed E-state index contributed by atoms with van der Waals surface area (Å²) in [6.07, 6.45) is 1.63. The summed E-state index contributed by atoms with van der Waals surface area (Å²) in [4.78, 5) is 14.9. The van der Waals surface area contributed by atoms with Crippen molar-refractivity contribution < 1.29 is 4.79 Å². The maximum absolute atomic E-state index is 11.0. The maximum Gasteiger partial charge on any atom is 0.205 e. The van der Waals surface area contributed by atoms with Crippen LogP contribution in [0.1, 0.15) is 9.80 Å². The number of carbonyl (C=O) groups excluding carboxylic acids is 1. The normalized spacial score (nSPS) is 9.70. The molecule has 0 unspecified atom stereocenters. The molecule has 1 N–H and O–H groups in total. The minimum absolute atomic E-state index is 0.0532. The summed E-state index contributed by atoms with van der Waals surface area (Å²) in [5.74, 6) is 0.0532. The van der Waals surface area contributed by atoms with Gasteiger partial charge in [-0.15, -0.1) is 11.3 Å². The fraction of sp³-hybridized carbons (Fsp3) is 0.333. The van der Waals surface area contributed by atoms with Crippen molar-refractivity contribution in [2.45, 2.75) is 0 Å². The predicted molar refractivity (Wildman–Crippen MR) is 40.4 cm³/mol. The van der Waals surface area contributed by atoms with Crippen LogP contribution in [0.25, 0.3) is 0 Å². The number of ketones is 1. The fourth-order valence-electron chi connectivity index (χ4n) is 0.597. The fourth-order valence-corrected chi connectivity index (χ4v) is 1.17. The van der Waals surface area contributed by atoms with Crippen LogP contribution in [0.3, 0.4) is 0 Å². The lowest BCUT2D eigenvalue weighted by molar-refractivity contribution is 0.0993. The number of Topliss-reactive ketones (excluding diaryl/α,β-unsaturated/α-hetero) is 1. The van der Waals surface area contributed by atoms with E-state index < -0.39 is 0 Å². The monoisotopic (exact) mass is 156 g/mol.